The molecule has 70 valence electrons. The summed E-state index contributed by atoms with van der Waals surface area (Å²) in [7, 11) is 0. The first kappa shape index (κ1) is 8.82. The molecular formula is C10H13ClN2. The zero-order valence-electron chi connectivity index (χ0n) is 7.46. The average molecular weight is 197 g/mol. The Balaban J connectivity index is 2.28. The van der Waals surface area contributed by atoms with Gasteiger partial charge in [-0.15, -0.1) is 0 Å². The van der Waals surface area contributed by atoms with Crippen LogP contribution in [0.2, 0.25) is 5.02 Å². The van der Waals surface area contributed by atoms with Crippen LogP contribution in [0.3, 0.4) is 0 Å². The van der Waals surface area contributed by atoms with Gasteiger partial charge in [0, 0.05) is 16.6 Å². The van der Waals surface area contributed by atoms with Gasteiger partial charge >= 0.3 is 0 Å². The number of nitrogens with two attached hydrogens (primary N) is 1. The lowest BCUT2D eigenvalue weighted by Gasteiger charge is -2.08. The van der Waals surface area contributed by atoms with Crippen molar-refractivity contribution in [1.82, 2.24) is 4.98 Å². The molecular weight excluding hydrogens is 184 g/mol. The van der Waals surface area contributed by atoms with Gasteiger partial charge in [0.2, 0.25) is 0 Å². The van der Waals surface area contributed by atoms with Crippen molar-refractivity contribution in [2.45, 2.75) is 31.6 Å². The molecule has 0 atom stereocenters. The van der Waals surface area contributed by atoms with Gasteiger partial charge in [-0.2, -0.15) is 0 Å². The van der Waals surface area contributed by atoms with Gasteiger partial charge < -0.3 is 5.73 Å². The van der Waals surface area contributed by atoms with E-state index in [1.54, 1.807) is 6.07 Å². The second-order valence-corrected chi connectivity index (χ2v) is 4.05. The quantitative estimate of drug-likeness (QED) is 0.750. The Morgan fingerprint density at radius 3 is 2.62 bits per heavy atom. The fourth-order valence-corrected chi connectivity index (χ4v) is 2.19. The molecule has 1 aromatic heterocycles. The van der Waals surface area contributed by atoms with Crippen molar-refractivity contribution in [2.75, 3.05) is 5.73 Å². The van der Waals surface area contributed by atoms with Gasteiger partial charge in [0.25, 0.3) is 0 Å². The topological polar surface area (TPSA) is 38.9 Å². The Bertz CT molecular complexity index is 286. The van der Waals surface area contributed by atoms with Gasteiger partial charge in [0.15, 0.2) is 0 Å². The van der Waals surface area contributed by atoms with Crippen LogP contribution in [-0.4, -0.2) is 4.98 Å². The third kappa shape index (κ3) is 1.94. The zero-order valence-corrected chi connectivity index (χ0v) is 8.22. The number of halogens is 1. The summed E-state index contributed by atoms with van der Waals surface area (Å²) in [5, 5.41) is 0.703. The molecule has 0 aliphatic heterocycles. The minimum atomic E-state index is 0.536. The van der Waals surface area contributed by atoms with Gasteiger partial charge in [0.1, 0.15) is 5.82 Å². The van der Waals surface area contributed by atoms with Crippen LogP contribution in [0.4, 0.5) is 5.82 Å². The predicted molar refractivity (Wildman–Crippen MR) is 54.9 cm³/mol. The zero-order chi connectivity index (χ0) is 9.26. The molecule has 13 heavy (non-hydrogen) atoms. The van der Waals surface area contributed by atoms with E-state index in [2.05, 4.69) is 4.98 Å². The number of nitrogens with zero attached hydrogens (tertiary/aromatic N) is 1. The van der Waals surface area contributed by atoms with E-state index in [1.807, 2.05) is 6.07 Å². The summed E-state index contributed by atoms with van der Waals surface area (Å²) in [4.78, 5) is 4.31. The highest BCUT2D eigenvalue weighted by Crippen LogP contribution is 2.34. The second kappa shape index (κ2) is 3.54. The normalized spacial score (nSPS) is 17.9. The Hall–Kier alpha value is -0.760. The molecule has 0 unspecified atom stereocenters. The maximum atomic E-state index is 5.91. The largest absolute Gasteiger partial charge is 0.384 e. The van der Waals surface area contributed by atoms with E-state index < -0.39 is 0 Å². The van der Waals surface area contributed by atoms with Crippen LogP contribution in [-0.2, 0) is 0 Å². The molecule has 1 fully saturated rings. The van der Waals surface area contributed by atoms with E-state index in [-0.39, 0.29) is 0 Å². The molecule has 1 heterocycles. The molecule has 0 amide bonds. The molecule has 1 saturated carbocycles. The van der Waals surface area contributed by atoms with Crippen molar-refractivity contribution in [1.29, 1.82) is 0 Å². The van der Waals surface area contributed by atoms with Crippen LogP contribution < -0.4 is 5.73 Å². The summed E-state index contributed by atoms with van der Waals surface area (Å²) in [6, 6.07) is 3.63. The first-order valence-electron chi connectivity index (χ1n) is 4.68. The van der Waals surface area contributed by atoms with E-state index in [1.165, 1.54) is 25.7 Å². The molecule has 2 nitrogen and oxygen atoms in total. The van der Waals surface area contributed by atoms with Gasteiger partial charge in [-0.1, -0.05) is 24.4 Å². The Morgan fingerprint density at radius 1 is 1.31 bits per heavy atom. The lowest BCUT2D eigenvalue weighted by atomic mass is 10.0. The Kier molecular flexibility index (Phi) is 2.40. The molecule has 3 heteroatoms. The maximum Gasteiger partial charge on any atom is 0.125 e. The summed E-state index contributed by atoms with van der Waals surface area (Å²) in [5.74, 6) is 1.12. The van der Waals surface area contributed by atoms with Crippen LogP contribution in [0.15, 0.2) is 12.1 Å². The number of rotatable bonds is 1. The molecule has 0 spiro atoms. The SMILES string of the molecule is Nc1cc(Cl)cc(C2CCCC2)n1. The third-order valence-corrected chi connectivity index (χ3v) is 2.82. The molecule has 1 aliphatic rings. The summed E-state index contributed by atoms with van der Waals surface area (Å²) < 4.78 is 0. The van der Waals surface area contributed by atoms with E-state index in [0.29, 0.717) is 16.8 Å². The highest BCUT2D eigenvalue weighted by Gasteiger charge is 2.18. The van der Waals surface area contributed by atoms with Crippen LogP contribution in [0.5, 0.6) is 0 Å². The number of aromatic nitrogens is 1. The molecule has 0 saturated heterocycles. The molecule has 1 aliphatic carbocycles. The number of hydrogen-bond donors (Lipinski definition) is 1. The molecule has 1 aromatic rings. The van der Waals surface area contributed by atoms with Gasteiger partial charge in [-0.05, 0) is 25.0 Å². The minimum absolute atomic E-state index is 0.536. The first-order chi connectivity index (χ1) is 6.25. The van der Waals surface area contributed by atoms with Crippen LogP contribution in [0.25, 0.3) is 0 Å². The fourth-order valence-electron chi connectivity index (χ4n) is 1.97. The lowest BCUT2D eigenvalue weighted by Crippen LogP contribution is -1.99. The molecule has 0 aromatic carbocycles. The number of nitrogen functional groups attached to an aromatic ring is 1. The predicted octanol–water partition coefficient (Wildman–Crippen LogP) is 2.97. The summed E-state index contributed by atoms with van der Waals surface area (Å²) in [6.07, 6.45) is 5.07. The van der Waals surface area contributed by atoms with Crippen molar-refractivity contribution >= 4 is 17.4 Å². The third-order valence-electron chi connectivity index (χ3n) is 2.60. The van der Waals surface area contributed by atoms with E-state index in [4.69, 9.17) is 17.3 Å². The van der Waals surface area contributed by atoms with Crippen LogP contribution in [0.1, 0.15) is 37.3 Å². The van der Waals surface area contributed by atoms with Crippen molar-refractivity contribution in [3.8, 4) is 0 Å². The molecule has 2 N–H and O–H groups in total. The second-order valence-electron chi connectivity index (χ2n) is 3.62. The van der Waals surface area contributed by atoms with Gasteiger partial charge in [0.05, 0.1) is 0 Å². The van der Waals surface area contributed by atoms with Crippen molar-refractivity contribution in [3.05, 3.63) is 22.8 Å². The van der Waals surface area contributed by atoms with Gasteiger partial charge in [-0.3, -0.25) is 0 Å². The van der Waals surface area contributed by atoms with Crippen molar-refractivity contribution in [2.24, 2.45) is 0 Å². The number of pyridine rings is 1. The standard InChI is InChI=1S/C10H13ClN2/c11-8-5-9(13-10(12)6-8)7-3-1-2-4-7/h5-7H,1-4H2,(H2,12,13). The smallest absolute Gasteiger partial charge is 0.125 e. The molecule has 0 bridgehead atoms. The van der Waals surface area contributed by atoms with E-state index in [0.717, 1.165) is 5.69 Å². The maximum absolute atomic E-state index is 5.91. The number of hydrogen-bond acceptors (Lipinski definition) is 2. The molecule has 0 radical (unpaired) electrons. The lowest BCUT2D eigenvalue weighted by molar-refractivity contribution is 0.699. The Morgan fingerprint density at radius 2 is 2.00 bits per heavy atom. The fraction of sp³-hybridized carbons (Fsp3) is 0.500. The average Bonchev–Trinajstić information content (AvgIpc) is 2.53. The van der Waals surface area contributed by atoms with Crippen LogP contribution in [0, 0.1) is 0 Å². The van der Waals surface area contributed by atoms with Crippen LogP contribution >= 0.6 is 11.6 Å². The highest BCUT2D eigenvalue weighted by atomic mass is 35.5. The van der Waals surface area contributed by atoms with Gasteiger partial charge in [-0.25, -0.2) is 4.98 Å². The Labute approximate surface area is 83.1 Å². The minimum Gasteiger partial charge on any atom is -0.384 e. The first-order valence-corrected chi connectivity index (χ1v) is 5.06. The number of anilines is 1. The molecule has 2 rings (SSSR count). The van der Waals surface area contributed by atoms with E-state index in [9.17, 15) is 0 Å². The van der Waals surface area contributed by atoms with Crippen molar-refractivity contribution < 1.29 is 0 Å². The highest BCUT2D eigenvalue weighted by molar-refractivity contribution is 6.30. The monoisotopic (exact) mass is 196 g/mol. The van der Waals surface area contributed by atoms with Crippen molar-refractivity contribution in [3.63, 3.8) is 0 Å². The summed E-state index contributed by atoms with van der Waals surface area (Å²) in [5.41, 5.74) is 6.70. The van der Waals surface area contributed by atoms with E-state index >= 15 is 0 Å². The summed E-state index contributed by atoms with van der Waals surface area (Å²) >= 11 is 5.91. The summed E-state index contributed by atoms with van der Waals surface area (Å²) in [6.45, 7) is 0.